The molecule has 2 aromatic carbocycles. The second-order valence-corrected chi connectivity index (χ2v) is 5.39. The van der Waals surface area contributed by atoms with Gasteiger partial charge in [0.2, 0.25) is 0 Å². The van der Waals surface area contributed by atoms with E-state index in [4.69, 9.17) is 34.8 Å². The van der Waals surface area contributed by atoms with Gasteiger partial charge in [-0.1, -0.05) is 46.9 Å². The molecule has 0 spiro atoms. The van der Waals surface area contributed by atoms with E-state index in [-0.39, 0.29) is 0 Å². The molecule has 0 aliphatic rings. The predicted molar refractivity (Wildman–Crippen MR) is 76.7 cm³/mol. The van der Waals surface area contributed by atoms with Crippen molar-refractivity contribution in [3.8, 4) is 0 Å². The Morgan fingerprint density at radius 3 is 2.22 bits per heavy atom. The van der Waals surface area contributed by atoms with Crippen LogP contribution in [0.3, 0.4) is 0 Å². The van der Waals surface area contributed by atoms with E-state index >= 15 is 0 Å². The van der Waals surface area contributed by atoms with E-state index in [9.17, 15) is 5.11 Å². The van der Waals surface area contributed by atoms with Gasteiger partial charge in [0.05, 0.1) is 10.0 Å². The van der Waals surface area contributed by atoms with E-state index < -0.39 is 6.10 Å². The third-order valence-corrected chi connectivity index (χ3v) is 3.60. The number of aliphatic hydroxyl groups excluding tert-OH is 1. The van der Waals surface area contributed by atoms with Gasteiger partial charge in [-0.05, 0) is 47.9 Å². The first-order valence-corrected chi connectivity index (χ1v) is 6.51. The Kier molecular flexibility index (Phi) is 4.18. The van der Waals surface area contributed by atoms with Gasteiger partial charge in [-0.15, -0.1) is 0 Å². The lowest BCUT2D eigenvalue weighted by molar-refractivity contribution is 0.220. The Bertz CT molecular complexity index is 561. The van der Waals surface area contributed by atoms with Gasteiger partial charge in [-0.2, -0.15) is 0 Å². The van der Waals surface area contributed by atoms with Crippen molar-refractivity contribution in [3.63, 3.8) is 0 Å². The fourth-order valence-electron chi connectivity index (χ4n) is 1.80. The van der Waals surface area contributed by atoms with Crippen LogP contribution in [-0.4, -0.2) is 5.11 Å². The summed E-state index contributed by atoms with van der Waals surface area (Å²) in [5.74, 6) is 0. The van der Waals surface area contributed by atoms with Crippen LogP contribution in [0, 0.1) is 6.92 Å². The zero-order chi connectivity index (χ0) is 13.3. The van der Waals surface area contributed by atoms with Crippen molar-refractivity contribution in [3.05, 3.63) is 68.2 Å². The van der Waals surface area contributed by atoms with Crippen molar-refractivity contribution in [2.45, 2.75) is 13.0 Å². The van der Waals surface area contributed by atoms with Crippen molar-refractivity contribution >= 4 is 34.8 Å². The highest BCUT2D eigenvalue weighted by Crippen LogP contribution is 2.30. The molecule has 0 aliphatic carbocycles. The number of hydrogen-bond acceptors (Lipinski definition) is 1. The van der Waals surface area contributed by atoms with Crippen LogP contribution in [0.4, 0.5) is 0 Å². The second-order valence-electron chi connectivity index (χ2n) is 4.14. The zero-order valence-electron chi connectivity index (χ0n) is 9.62. The van der Waals surface area contributed by atoms with E-state index in [0.29, 0.717) is 20.6 Å². The van der Waals surface area contributed by atoms with Crippen molar-refractivity contribution < 1.29 is 5.11 Å². The van der Waals surface area contributed by atoms with Crippen LogP contribution in [0.1, 0.15) is 22.8 Å². The smallest absolute Gasteiger partial charge is 0.104 e. The number of aliphatic hydroxyl groups is 1. The average Bonchev–Trinajstić information content (AvgIpc) is 2.30. The fraction of sp³-hybridized carbons (Fsp3) is 0.143. The number of hydrogen-bond donors (Lipinski definition) is 1. The lowest BCUT2D eigenvalue weighted by atomic mass is 10.00. The first-order valence-electron chi connectivity index (χ1n) is 5.37. The lowest BCUT2D eigenvalue weighted by Crippen LogP contribution is -2.00. The lowest BCUT2D eigenvalue weighted by Gasteiger charge is -2.13. The van der Waals surface area contributed by atoms with Gasteiger partial charge < -0.3 is 5.11 Å². The van der Waals surface area contributed by atoms with E-state index in [0.717, 1.165) is 11.1 Å². The third-order valence-electron chi connectivity index (χ3n) is 2.64. The topological polar surface area (TPSA) is 20.2 Å². The summed E-state index contributed by atoms with van der Waals surface area (Å²) in [5.41, 5.74) is 2.42. The zero-order valence-corrected chi connectivity index (χ0v) is 11.9. The molecule has 4 heteroatoms. The minimum Gasteiger partial charge on any atom is -0.384 e. The molecular formula is C14H11Cl3O. The summed E-state index contributed by atoms with van der Waals surface area (Å²) >= 11 is 17.8. The molecule has 0 aromatic heterocycles. The summed E-state index contributed by atoms with van der Waals surface area (Å²) in [4.78, 5) is 0. The Hall–Kier alpha value is -0.730. The molecule has 0 radical (unpaired) electrons. The highest BCUT2D eigenvalue weighted by molar-refractivity contribution is 6.42. The minimum atomic E-state index is -0.767. The monoisotopic (exact) mass is 300 g/mol. The quantitative estimate of drug-likeness (QED) is 0.824. The molecule has 1 N–H and O–H groups in total. The summed E-state index contributed by atoms with van der Waals surface area (Å²) < 4.78 is 0. The minimum absolute atomic E-state index is 0.423. The summed E-state index contributed by atoms with van der Waals surface area (Å²) in [6.07, 6.45) is -0.767. The molecule has 0 bridgehead atoms. The largest absolute Gasteiger partial charge is 0.384 e. The molecular weight excluding hydrogens is 291 g/mol. The average molecular weight is 302 g/mol. The highest BCUT2D eigenvalue weighted by Gasteiger charge is 2.13. The van der Waals surface area contributed by atoms with Crippen LogP contribution < -0.4 is 0 Å². The Balaban J connectivity index is 2.40. The first-order chi connectivity index (χ1) is 8.47. The van der Waals surface area contributed by atoms with Gasteiger partial charge in [0.1, 0.15) is 6.10 Å². The third kappa shape index (κ3) is 2.99. The Morgan fingerprint density at radius 2 is 1.61 bits per heavy atom. The van der Waals surface area contributed by atoms with Gasteiger partial charge in [-0.25, -0.2) is 0 Å². The van der Waals surface area contributed by atoms with Crippen molar-refractivity contribution in [1.82, 2.24) is 0 Å². The summed E-state index contributed by atoms with van der Waals surface area (Å²) in [6, 6.07) is 10.5. The number of aryl methyl sites for hydroxylation is 1. The fourth-order valence-corrected chi connectivity index (χ4v) is 2.40. The van der Waals surface area contributed by atoms with Gasteiger partial charge in [0, 0.05) is 5.02 Å². The molecule has 18 heavy (non-hydrogen) atoms. The maximum atomic E-state index is 10.3. The normalized spacial score (nSPS) is 12.5. The molecule has 0 saturated carbocycles. The molecule has 0 aliphatic heterocycles. The molecule has 1 atom stereocenters. The molecule has 94 valence electrons. The second kappa shape index (κ2) is 5.50. The number of benzene rings is 2. The van der Waals surface area contributed by atoms with Crippen molar-refractivity contribution in [2.75, 3.05) is 0 Å². The summed E-state index contributed by atoms with van der Waals surface area (Å²) in [6.45, 7) is 1.93. The van der Waals surface area contributed by atoms with E-state index in [1.807, 2.05) is 19.1 Å². The van der Waals surface area contributed by atoms with E-state index in [1.54, 1.807) is 24.3 Å². The van der Waals surface area contributed by atoms with Crippen molar-refractivity contribution in [2.24, 2.45) is 0 Å². The molecule has 2 rings (SSSR count). The molecule has 0 fully saturated rings. The molecule has 2 aromatic rings. The van der Waals surface area contributed by atoms with Gasteiger partial charge in [-0.3, -0.25) is 0 Å². The summed E-state index contributed by atoms with van der Waals surface area (Å²) in [5, 5.41) is 11.8. The maximum Gasteiger partial charge on any atom is 0.104 e. The highest BCUT2D eigenvalue weighted by atomic mass is 35.5. The van der Waals surface area contributed by atoms with Crippen LogP contribution in [0.25, 0.3) is 0 Å². The number of rotatable bonds is 2. The Morgan fingerprint density at radius 1 is 0.889 bits per heavy atom. The van der Waals surface area contributed by atoms with E-state index in [1.165, 1.54) is 0 Å². The van der Waals surface area contributed by atoms with Crippen molar-refractivity contribution in [1.29, 1.82) is 0 Å². The molecule has 0 amide bonds. The van der Waals surface area contributed by atoms with Gasteiger partial charge in [0.25, 0.3) is 0 Å². The first kappa shape index (κ1) is 13.7. The number of halogens is 3. The summed E-state index contributed by atoms with van der Waals surface area (Å²) in [7, 11) is 0. The van der Waals surface area contributed by atoms with Gasteiger partial charge in [0.15, 0.2) is 0 Å². The van der Waals surface area contributed by atoms with Crippen LogP contribution in [0.2, 0.25) is 15.1 Å². The molecule has 1 nitrogen and oxygen atoms in total. The molecule has 1 unspecified atom stereocenters. The predicted octanol–water partition coefficient (Wildman–Crippen LogP) is 5.04. The maximum absolute atomic E-state index is 10.3. The molecule has 0 heterocycles. The van der Waals surface area contributed by atoms with Gasteiger partial charge >= 0.3 is 0 Å². The SMILES string of the molecule is Cc1cc(Cl)cc(C(O)c2ccc(Cl)c(Cl)c2)c1. The Labute approximate surface area is 121 Å². The standard InChI is InChI=1S/C14H11Cl3O/c1-8-4-10(6-11(15)5-8)14(18)9-2-3-12(16)13(17)7-9/h2-7,14,18H,1H3. The van der Waals surface area contributed by atoms with Crippen LogP contribution in [0.5, 0.6) is 0 Å². The van der Waals surface area contributed by atoms with E-state index in [2.05, 4.69) is 0 Å². The van der Waals surface area contributed by atoms with Crippen LogP contribution >= 0.6 is 34.8 Å². The van der Waals surface area contributed by atoms with Crippen LogP contribution in [-0.2, 0) is 0 Å². The van der Waals surface area contributed by atoms with Crippen LogP contribution in [0.15, 0.2) is 36.4 Å². The molecule has 0 saturated heterocycles.